The lowest BCUT2D eigenvalue weighted by Gasteiger charge is -2.21. The number of benzene rings is 1. The van der Waals surface area contributed by atoms with Gasteiger partial charge in [-0.2, -0.15) is 0 Å². The highest BCUT2D eigenvalue weighted by Gasteiger charge is 2.20. The third kappa shape index (κ3) is 3.39. The van der Waals surface area contributed by atoms with Crippen molar-refractivity contribution >= 4 is 0 Å². The summed E-state index contributed by atoms with van der Waals surface area (Å²) in [6.45, 7) is 2.90. The number of methoxy groups -OCH3 is 1. The number of hydrogen-bond acceptors (Lipinski definition) is 3. The molecule has 20 heavy (non-hydrogen) atoms. The molecule has 0 saturated carbocycles. The average Bonchev–Trinajstić information content (AvgIpc) is 2.96. The lowest BCUT2D eigenvalue weighted by atomic mass is 9.98. The van der Waals surface area contributed by atoms with Gasteiger partial charge in [-0.3, -0.25) is 0 Å². The summed E-state index contributed by atoms with van der Waals surface area (Å²) >= 11 is 0. The van der Waals surface area contributed by atoms with Crippen molar-refractivity contribution < 1.29 is 13.5 Å². The van der Waals surface area contributed by atoms with Crippen molar-refractivity contribution in [1.29, 1.82) is 0 Å². The van der Waals surface area contributed by atoms with Crippen molar-refractivity contribution in [3.05, 3.63) is 53.7 Å². The van der Waals surface area contributed by atoms with Crippen LogP contribution in [0.5, 0.6) is 5.75 Å². The number of furan rings is 1. The highest BCUT2D eigenvalue weighted by Crippen LogP contribution is 2.30. The first kappa shape index (κ1) is 14.6. The van der Waals surface area contributed by atoms with Gasteiger partial charge in [0.2, 0.25) is 0 Å². The minimum absolute atomic E-state index is 0.135. The maximum Gasteiger partial charge on any atom is 0.131 e. The molecule has 0 saturated heterocycles. The summed E-state index contributed by atoms with van der Waals surface area (Å²) in [4.78, 5) is 0. The molecule has 0 fully saturated rings. The van der Waals surface area contributed by atoms with Crippen LogP contribution in [0.2, 0.25) is 0 Å². The Morgan fingerprint density at radius 3 is 2.85 bits per heavy atom. The van der Waals surface area contributed by atoms with E-state index in [0.29, 0.717) is 17.7 Å². The Hall–Kier alpha value is -1.81. The van der Waals surface area contributed by atoms with Crippen molar-refractivity contribution in [3.8, 4) is 5.75 Å². The van der Waals surface area contributed by atoms with E-state index < -0.39 is 0 Å². The fourth-order valence-corrected chi connectivity index (χ4v) is 2.27. The van der Waals surface area contributed by atoms with Gasteiger partial charge in [0.15, 0.2) is 0 Å². The Morgan fingerprint density at radius 1 is 1.35 bits per heavy atom. The third-order valence-corrected chi connectivity index (χ3v) is 3.24. The maximum absolute atomic E-state index is 14.2. The summed E-state index contributed by atoms with van der Waals surface area (Å²) in [6, 6.07) is 6.67. The van der Waals surface area contributed by atoms with Crippen LogP contribution in [0.3, 0.4) is 0 Å². The third-order valence-electron chi connectivity index (χ3n) is 3.24. The summed E-state index contributed by atoms with van der Waals surface area (Å²) < 4.78 is 24.6. The molecule has 0 aliphatic heterocycles. The fourth-order valence-electron chi connectivity index (χ4n) is 2.27. The van der Waals surface area contributed by atoms with Crippen LogP contribution >= 0.6 is 0 Å². The van der Waals surface area contributed by atoms with Crippen LogP contribution in [0, 0.1) is 5.82 Å². The summed E-state index contributed by atoms with van der Waals surface area (Å²) in [6.07, 6.45) is 4.96. The van der Waals surface area contributed by atoms with Crippen molar-refractivity contribution in [1.82, 2.24) is 5.32 Å². The van der Waals surface area contributed by atoms with E-state index in [0.717, 1.165) is 18.5 Å². The first-order valence-electron chi connectivity index (χ1n) is 6.83. The molecular formula is C16H20FNO2. The highest BCUT2D eigenvalue weighted by molar-refractivity contribution is 5.38. The second-order valence-corrected chi connectivity index (χ2v) is 4.70. The lowest BCUT2D eigenvalue weighted by Crippen LogP contribution is -2.25. The van der Waals surface area contributed by atoms with Crippen molar-refractivity contribution in [2.45, 2.75) is 25.8 Å². The predicted molar refractivity (Wildman–Crippen MR) is 76.4 cm³/mol. The normalized spacial score (nSPS) is 12.3. The lowest BCUT2D eigenvalue weighted by molar-refractivity contribution is 0.389. The van der Waals surface area contributed by atoms with Gasteiger partial charge >= 0.3 is 0 Å². The summed E-state index contributed by atoms with van der Waals surface area (Å²) in [5, 5.41) is 3.38. The Balaban J connectivity index is 2.30. The molecule has 3 nitrogen and oxygen atoms in total. The van der Waals surface area contributed by atoms with Crippen LogP contribution in [0.4, 0.5) is 4.39 Å². The summed E-state index contributed by atoms with van der Waals surface area (Å²) in [5.74, 6) is 0.323. The van der Waals surface area contributed by atoms with Crippen LogP contribution < -0.4 is 10.1 Å². The number of halogens is 1. The standard InChI is InChI=1S/C16H20FNO2/c1-3-8-18-14(10-12-7-9-20-11-12)16-13(17)5-4-6-15(16)19-2/h4-7,9,11,14,18H,3,8,10H2,1-2H3. The molecule has 0 radical (unpaired) electrons. The molecule has 2 aromatic rings. The van der Waals surface area contributed by atoms with Crippen LogP contribution in [-0.4, -0.2) is 13.7 Å². The second kappa shape index (κ2) is 7.10. The molecule has 0 bridgehead atoms. The second-order valence-electron chi connectivity index (χ2n) is 4.70. The largest absolute Gasteiger partial charge is 0.496 e. The molecule has 108 valence electrons. The molecular weight excluding hydrogens is 257 g/mol. The Morgan fingerprint density at radius 2 is 2.20 bits per heavy atom. The van der Waals surface area contributed by atoms with E-state index >= 15 is 0 Å². The van der Waals surface area contributed by atoms with Crippen LogP contribution in [0.25, 0.3) is 0 Å². The zero-order valence-electron chi connectivity index (χ0n) is 11.9. The molecule has 1 N–H and O–H groups in total. The van der Waals surface area contributed by atoms with Gasteiger partial charge in [0.1, 0.15) is 11.6 Å². The fraction of sp³-hybridized carbons (Fsp3) is 0.375. The quantitative estimate of drug-likeness (QED) is 0.837. The summed E-state index contributed by atoms with van der Waals surface area (Å²) in [7, 11) is 1.56. The predicted octanol–water partition coefficient (Wildman–Crippen LogP) is 3.71. The van der Waals surface area contributed by atoms with E-state index in [4.69, 9.17) is 9.15 Å². The molecule has 1 aromatic heterocycles. The van der Waals surface area contributed by atoms with Crippen molar-refractivity contribution in [2.24, 2.45) is 0 Å². The van der Waals surface area contributed by atoms with E-state index in [2.05, 4.69) is 12.2 Å². The SMILES string of the molecule is CCCNC(Cc1ccoc1)c1c(F)cccc1OC. The molecule has 0 aliphatic carbocycles. The smallest absolute Gasteiger partial charge is 0.131 e. The van der Waals surface area contributed by atoms with E-state index in [1.54, 1.807) is 31.8 Å². The van der Waals surface area contributed by atoms with Crippen LogP contribution in [0.15, 0.2) is 41.2 Å². The van der Waals surface area contributed by atoms with E-state index in [-0.39, 0.29) is 11.9 Å². The van der Waals surface area contributed by atoms with Crippen molar-refractivity contribution in [3.63, 3.8) is 0 Å². The van der Waals surface area contributed by atoms with Gasteiger partial charge in [-0.05, 0) is 43.1 Å². The monoisotopic (exact) mass is 277 g/mol. The first-order valence-corrected chi connectivity index (χ1v) is 6.83. The van der Waals surface area contributed by atoms with Gasteiger partial charge in [0.05, 0.1) is 19.6 Å². The van der Waals surface area contributed by atoms with Gasteiger partial charge in [-0.15, -0.1) is 0 Å². The Bertz CT molecular complexity index is 525. The highest BCUT2D eigenvalue weighted by atomic mass is 19.1. The molecule has 1 heterocycles. The van der Waals surface area contributed by atoms with Gasteiger partial charge < -0.3 is 14.5 Å². The average molecular weight is 277 g/mol. The first-order chi connectivity index (χ1) is 9.76. The maximum atomic E-state index is 14.2. The number of ether oxygens (including phenoxy) is 1. The molecule has 0 aliphatic rings. The van der Waals surface area contributed by atoms with E-state index in [1.807, 2.05) is 6.07 Å². The number of nitrogens with one attached hydrogen (secondary N) is 1. The van der Waals surface area contributed by atoms with E-state index in [1.165, 1.54) is 6.07 Å². The van der Waals surface area contributed by atoms with Crippen LogP contribution in [-0.2, 0) is 6.42 Å². The van der Waals surface area contributed by atoms with Gasteiger partial charge in [-0.25, -0.2) is 4.39 Å². The minimum Gasteiger partial charge on any atom is -0.496 e. The molecule has 2 rings (SSSR count). The summed E-state index contributed by atoms with van der Waals surface area (Å²) in [5.41, 5.74) is 1.61. The topological polar surface area (TPSA) is 34.4 Å². The zero-order chi connectivity index (χ0) is 14.4. The van der Waals surface area contributed by atoms with Gasteiger partial charge in [0, 0.05) is 11.6 Å². The molecule has 4 heteroatoms. The van der Waals surface area contributed by atoms with Crippen LogP contribution in [0.1, 0.15) is 30.5 Å². The molecule has 0 amide bonds. The Kier molecular flexibility index (Phi) is 5.18. The van der Waals surface area contributed by atoms with Gasteiger partial charge in [0.25, 0.3) is 0 Å². The van der Waals surface area contributed by atoms with Crippen molar-refractivity contribution in [2.75, 3.05) is 13.7 Å². The molecule has 1 atom stereocenters. The number of rotatable bonds is 7. The zero-order valence-corrected chi connectivity index (χ0v) is 11.9. The minimum atomic E-state index is -0.249. The van der Waals surface area contributed by atoms with Gasteiger partial charge in [-0.1, -0.05) is 13.0 Å². The Labute approximate surface area is 118 Å². The molecule has 1 unspecified atom stereocenters. The number of hydrogen-bond donors (Lipinski definition) is 1. The molecule has 1 aromatic carbocycles. The molecule has 0 spiro atoms. The van der Waals surface area contributed by atoms with E-state index in [9.17, 15) is 4.39 Å².